The third-order valence-corrected chi connectivity index (χ3v) is 5.39. The van der Waals surface area contributed by atoms with Crippen molar-refractivity contribution in [3.8, 4) is 0 Å². The minimum absolute atomic E-state index is 0.122. The van der Waals surface area contributed by atoms with E-state index in [0.717, 1.165) is 18.8 Å². The lowest BCUT2D eigenvalue weighted by molar-refractivity contribution is -0.182. The maximum Gasteiger partial charge on any atom is 0.309 e. The van der Waals surface area contributed by atoms with Crippen LogP contribution in [0.25, 0.3) is 0 Å². The summed E-state index contributed by atoms with van der Waals surface area (Å²) >= 11 is 0. The van der Waals surface area contributed by atoms with Gasteiger partial charge in [-0.3, -0.25) is 4.79 Å². The Morgan fingerprint density at radius 1 is 0.941 bits per heavy atom. The molecule has 2 nitrogen and oxygen atoms in total. The molecule has 3 fully saturated rings. The van der Waals surface area contributed by atoms with E-state index in [1.807, 2.05) is 0 Å². The van der Waals surface area contributed by atoms with Crippen LogP contribution in [0.5, 0.6) is 0 Å². The maximum absolute atomic E-state index is 12.1. The number of carbonyl (C=O) groups is 1. The number of carbonyl (C=O) groups excluding carboxylic acids is 1. The molecule has 1 aliphatic heterocycles. The first-order valence-electron chi connectivity index (χ1n) is 7.35. The molecule has 0 amide bonds. The highest BCUT2D eigenvalue weighted by Gasteiger charge is 2.48. The van der Waals surface area contributed by atoms with Crippen molar-refractivity contribution in [2.45, 2.75) is 58.5 Å². The lowest BCUT2D eigenvalue weighted by atomic mass is 9.62. The summed E-state index contributed by atoms with van der Waals surface area (Å²) in [5.74, 6) is 3.13. The fraction of sp³-hybridized carbons (Fsp3) is 0.933. The molecule has 1 heterocycles. The average Bonchev–Trinajstić information content (AvgIpc) is 2.29. The number of ether oxygens (including phenoxy) is 1. The Hall–Kier alpha value is -0.530. The van der Waals surface area contributed by atoms with Gasteiger partial charge in [-0.25, -0.2) is 0 Å². The van der Waals surface area contributed by atoms with Crippen LogP contribution in [-0.2, 0) is 9.53 Å². The molecule has 0 bridgehead atoms. The van der Waals surface area contributed by atoms with E-state index in [9.17, 15) is 4.79 Å². The van der Waals surface area contributed by atoms with E-state index in [4.69, 9.17) is 4.74 Å². The minimum atomic E-state index is 0.122. The number of hydrogen-bond donors (Lipinski definition) is 0. The Labute approximate surface area is 104 Å². The van der Waals surface area contributed by atoms with E-state index in [1.54, 1.807) is 0 Å². The van der Waals surface area contributed by atoms with Gasteiger partial charge in [0.2, 0.25) is 0 Å². The molecule has 17 heavy (non-hydrogen) atoms. The van der Waals surface area contributed by atoms with Crippen molar-refractivity contribution in [1.29, 1.82) is 0 Å². The highest BCUT2D eigenvalue weighted by atomic mass is 16.5. The summed E-state index contributed by atoms with van der Waals surface area (Å²) in [6.45, 7) is 4.57. The van der Waals surface area contributed by atoms with Crippen molar-refractivity contribution in [2.75, 3.05) is 0 Å². The molecule has 3 aliphatic rings. The fourth-order valence-corrected chi connectivity index (χ4v) is 4.40. The fourth-order valence-electron chi connectivity index (χ4n) is 4.40. The third-order valence-electron chi connectivity index (χ3n) is 5.39. The van der Waals surface area contributed by atoms with E-state index in [2.05, 4.69) is 13.8 Å². The first-order chi connectivity index (χ1) is 8.15. The Morgan fingerprint density at radius 2 is 1.59 bits per heavy atom. The molecule has 6 unspecified atom stereocenters. The van der Waals surface area contributed by atoms with E-state index < -0.39 is 0 Å². The van der Waals surface area contributed by atoms with Crippen LogP contribution in [0.2, 0.25) is 0 Å². The van der Waals surface area contributed by atoms with Crippen LogP contribution in [0.4, 0.5) is 0 Å². The SMILES string of the molecule is CC1CCC2C(C1)OC(=O)C1CC(C)CCC12. The number of esters is 1. The van der Waals surface area contributed by atoms with Gasteiger partial charge in [0.25, 0.3) is 0 Å². The van der Waals surface area contributed by atoms with Crippen LogP contribution in [0.1, 0.15) is 52.4 Å². The smallest absolute Gasteiger partial charge is 0.309 e. The van der Waals surface area contributed by atoms with Crippen LogP contribution in [0, 0.1) is 29.6 Å². The molecular formula is C15H24O2. The zero-order valence-electron chi connectivity index (χ0n) is 11.0. The predicted molar refractivity (Wildman–Crippen MR) is 66.4 cm³/mol. The molecule has 0 aromatic heterocycles. The van der Waals surface area contributed by atoms with Gasteiger partial charge in [0.1, 0.15) is 6.10 Å². The molecule has 2 aliphatic carbocycles. The first-order valence-corrected chi connectivity index (χ1v) is 7.35. The zero-order chi connectivity index (χ0) is 12.0. The quantitative estimate of drug-likeness (QED) is 0.603. The van der Waals surface area contributed by atoms with Crippen molar-refractivity contribution in [3.05, 3.63) is 0 Å². The molecule has 0 N–H and O–H groups in total. The van der Waals surface area contributed by atoms with Gasteiger partial charge in [0, 0.05) is 0 Å². The van der Waals surface area contributed by atoms with Gasteiger partial charge < -0.3 is 4.74 Å². The molecule has 96 valence electrons. The van der Waals surface area contributed by atoms with E-state index >= 15 is 0 Å². The topological polar surface area (TPSA) is 26.3 Å². The van der Waals surface area contributed by atoms with Crippen molar-refractivity contribution < 1.29 is 9.53 Å². The Balaban J connectivity index is 1.79. The van der Waals surface area contributed by atoms with Crippen LogP contribution in [0.15, 0.2) is 0 Å². The molecule has 6 atom stereocenters. The summed E-state index contributed by atoms with van der Waals surface area (Å²) < 4.78 is 5.74. The van der Waals surface area contributed by atoms with Gasteiger partial charge in [-0.15, -0.1) is 0 Å². The van der Waals surface area contributed by atoms with Gasteiger partial charge >= 0.3 is 5.97 Å². The molecule has 3 rings (SSSR count). The normalized spacial score (nSPS) is 50.1. The van der Waals surface area contributed by atoms with Gasteiger partial charge in [-0.1, -0.05) is 26.7 Å². The highest BCUT2D eigenvalue weighted by molar-refractivity contribution is 5.74. The van der Waals surface area contributed by atoms with Gasteiger partial charge in [-0.05, 0) is 49.4 Å². The summed E-state index contributed by atoms with van der Waals surface area (Å²) in [7, 11) is 0. The lowest BCUT2D eigenvalue weighted by Crippen LogP contribution is -2.49. The second-order valence-corrected chi connectivity index (χ2v) is 6.75. The maximum atomic E-state index is 12.1. The van der Waals surface area contributed by atoms with E-state index in [-0.39, 0.29) is 18.0 Å². The standard InChI is InChI=1S/C15H24O2/c1-9-3-5-11-12-6-4-10(2)8-14(12)17-15(16)13(11)7-9/h9-14H,3-8H2,1-2H3. The number of rotatable bonds is 0. The molecule has 2 heteroatoms. The highest BCUT2D eigenvalue weighted by Crippen LogP contribution is 2.48. The summed E-state index contributed by atoms with van der Waals surface area (Å²) in [5, 5.41) is 0. The predicted octanol–water partition coefficient (Wildman–Crippen LogP) is 3.40. The van der Waals surface area contributed by atoms with Crippen LogP contribution in [0.3, 0.4) is 0 Å². The van der Waals surface area contributed by atoms with Crippen molar-refractivity contribution in [2.24, 2.45) is 29.6 Å². The number of fused-ring (bicyclic) bond motifs is 3. The van der Waals surface area contributed by atoms with Crippen molar-refractivity contribution >= 4 is 5.97 Å². The molecule has 0 aromatic rings. The molecule has 0 radical (unpaired) electrons. The average molecular weight is 236 g/mol. The molecule has 0 spiro atoms. The van der Waals surface area contributed by atoms with Gasteiger partial charge in [0.15, 0.2) is 0 Å². The monoisotopic (exact) mass is 236 g/mol. The largest absolute Gasteiger partial charge is 0.462 e. The zero-order valence-corrected chi connectivity index (χ0v) is 11.0. The summed E-state index contributed by atoms with van der Waals surface area (Å²) in [6.07, 6.45) is 7.62. The molecular weight excluding hydrogens is 212 g/mol. The Bertz CT molecular complexity index is 312. The second-order valence-electron chi connectivity index (χ2n) is 6.75. The van der Waals surface area contributed by atoms with Crippen LogP contribution in [-0.4, -0.2) is 12.1 Å². The van der Waals surface area contributed by atoms with Crippen molar-refractivity contribution in [1.82, 2.24) is 0 Å². The van der Waals surface area contributed by atoms with Crippen LogP contribution < -0.4 is 0 Å². The lowest BCUT2D eigenvalue weighted by Gasteiger charge is -2.48. The summed E-state index contributed by atoms with van der Waals surface area (Å²) in [4.78, 5) is 12.1. The minimum Gasteiger partial charge on any atom is -0.462 e. The Kier molecular flexibility index (Phi) is 2.92. The van der Waals surface area contributed by atoms with E-state index in [0.29, 0.717) is 17.8 Å². The van der Waals surface area contributed by atoms with Crippen LogP contribution >= 0.6 is 0 Å². The van der Waals surface area contributed by atoms with Crippen molar-refractivity contribution in [3.63, 3.8) is 0 Å². The molecule has 2 saturated carbocycles. The Morgan fingerprint density at radius 3 is 2.35 bits per heavy atom. The first kappa shape index (κ1) is 11.6. The third kappa shape index (κ3) is 2.00. The van der Waals surface area contributed by atoms with Gasteiger partial charge in [0.05, 0.1) is 5.92 Å². The molecule has 1 saturated heterocycles. The summed E-state index contributed by atoms with van der Waals surface area (Å²) in [6, 6.07) is 0. The van der Waals surface area contributed by atoms with E-state index in [1.165, 1.54) is 25.7 Å². The second kappa shape index (κ2) is 4.29. The van der Waals surface area contributed by atoms with Gasteiger partial charge in [-0.2, -0.15) is 0 Å². The number of hydrogen-bond acceptors (Lipinski definition) is 2. The molecule has 0 aromatic carbocycles. The summed E-state index contributed by atoms with van der Waals surface area (Å²) in [5.41, 5.74) is 0.